The summed E-state index contributed by atoms with van der Waals surface area (Å²) in [6.07, 6.45) is 0. The van der Waals surface area contributed by atoms with Crippen molar-refractivity contribution in [3.63, 3.8) is 0 Å². The van der Waals surface area contributed by atoms with E-state index in [1.54, 1.807) is 24.3 Å². The first kappa shape index (κ1) is 30.2. The molecule has 6 heteroatoms. The van der Waals surface area contributed by atoms with Gasteiger partial charge in [-0.3, -0.25) is 0 Å². The van der Waals surface area contributed by atoms with E-state index in [0.29, 0.717) is 5.56 Å². The van der Waals surface area contributed by atoms with E-state index in [9.17, 15) is 8.42 Å². The molecule has 0 aliphatic carbocycles. The zero-order valence-electron chi connectivity index (χ0n) is 26.8. The van der Waals surface area contributed by atoms with Crippen LogP contribution in [0.25, 0.3) is 38.6 Å². The summed E-state index contributed by atoms with van der Waals surface area (Å²) in [6.45, 7) is 1.92. The standard InChI is InChI=1S/C43H32N2O3S/c1-31-21-27-37(28-22-31)49(46,47)48-43-30-42-40(38-19-11-12-20-41(38)45(42)35-17-9-4-10-18-35)29-39(43)32-23-25-36(26-24-32)44(33-13-5-2-6-14-33)34-15-7-3-8-16-34/h2-30H,1H3. The Morgan fingerprint density at radius 1 is 0.531 bits per heavy atom. The number of anilines is 3. The van der Waals surface area contributed by atoms with Crippen LogP contribution in [0.2, 0.25) is 0 Å². The van der Waals surface area contributed by atoms with Crippen molar-refractivity contribution in [3.8, 4) is 22.6 Å². The third-order valence-corrected chi connectivity index (χ3v) is 10.0. The number of hydrogen-bond donors (Lipinski definition) is 0. The predicted octanol–water partition coefficient (Wildman–Crippen LogP) is 11.0. The van der Waals surface area contributed by atoms with E-state index in [1.165, 1.54) is 0 Å². The molecule has 49 heavy (non-hydrogen) atoms. The zero-order chi connectivity index (χ0) is 33.4. The minimum absolute atomic E-state index is 0.101. The minimum atomic E-state index is -4.15. The first-order valence-corrected chi connectivity index (χ1v) is 17.5. The van der Waals surface area contributed by atoms with Gasteiger partial charge in [0.15, 0.2) is 5.75 Å². The van der Waals surface area contributed by atoms with Crippen molar-refractivity contribution in [2.45, 2.75) is 11.8 Å². The van der Waals surface area contributed by atoms with Crippen LogP contribution in [0.15, 0.2) is 181 Å². The van der Waals surface area contributed by atoms with Crippen LogP contribution in [0.1, 0.15) is 5.56 Å². The lowest BCUT2D eigenvalue weighted by Gasteiger charge is -2.25. The minimum Gasteiger partial charge on any atom is -0.378 e. The molecule has 0 aliphatic rings. The van der Waals surface area contributed by atoms with E-state index in [1.807, 2.05) is 104 Å². The largest absolute Gasteiger partial charge is 0.378 e. The van der Waals surface area contributed by atoms with E-state index in [2.05, 4.69) is 64.1 Å². The van der Waals surface area contributed by atoms with Gasteiger partial charge in [-0.05, 0) is 85.3 Å². The van der Waals surface area contributed by atoms with Crippen molar-refractivity contribution in [1.29, 1.82) is 0 Å². The molecule has 0 spiro atoms. The van der Waals surface area contributed by atoms with Crippen molar-refractivity contribution >= 4 is 49.0 Å². The summed E-state index contributed by atoms with van der Waals surface area (Å²) in [5.74, 6) is 0.254. The Labute approximate surface area is 286 Å². The molecule has 7 aromatic carbocycles. The van der Waals surface area contributed by atoms with Crippen LogP contribution in [0, 0.1) is 6.92 Å². The van der Waals surface area contributed by atoms with Gasteiger partial charge in [0.2, 0.25) is 0 Å². The van der Waals surface area contributed by atoms with Crippen LogP contribution >= 0.6 is 0 Å². The molecule has 0 saturated carbocycles. The highest BCUT2D eigenvalue weighted by Gasteiger charge is 2.23. The first-order valence-electron chi connectivity index (χ1n) is 16.1. The van der Waals surface area contributed by atoms with Gasteiger partial charge in [0.1, 0.15) is 4.90 Å². The second kappa shape index (κ2) is 12.5. The molecule has 1 aromatic heterocycles. The van der Waals surface area contributed by atoms with Crippen molar-refractivity contribution in [1.82, 2.24) is 4.57 Å². The molecule has 0 atom stereocenters. The van der Waals surface area contributed by atoms with Gasteiger partial charge < -0.3 is 13.7 Å². The molecule has 0 aliphatic heterocycles. The van der Waals surface area contributed by atoms with Crippen LogP contribution in [-0.2, 0) is 10.1 Å². The molecule has 0 radical (unpaired) electrons. The Morgan fingerprint density at radius 3 is 1.71 bits per heavy atom. The monoisotopic (exact) mass is 656 g/mol. The van der Waals surface area contributed by atoms with Gasteiger partial charge in [-0.25, -0.2) is 0 Å². The third-order valence-electron chi connectivity index (χ3n) is 8.76. The van der Waals surface area contributed by atoms with E-state index < -0.39 is 10.1 Å². The molecular formula is C43H32N2O3S. The lowest BCUT2D eigenvalue weighted by atomic mass is 10.0. The highest BCUT2D eigenvalue weighted by atomic mass is 32.2. The fourth-order valence-corrected chi connectivity index (χ4v) is 7.35. The second-order valence-electron chi connectivity index (χ2n) is 12.0. The van der Waals surface area contributed by atoms with E-state index in [4.69, 9.17) is 4.18 Å². The average Bonchev–Trinajstić information content (AvgIpc) is 3.46. The van der Waals surface area contributed by atoms with Gasteiger partial charge >= 0.3 is 10.1 Å². The lowest BCUT2D eigenvalue weighted by molar-refractivity contribution is 0.487. The van der Waals surface area contributed by atoms with E-state index in [0.717, 1.165) is 55.7 Å². The van der Waals surface area contributed by atoms with Gasteiger partial charge in [0, 0.05) is 45.2 Å². The molecule has 0 amide bonds. The molecular weight excluding hydrogens is 625 g/mol. The Bertz CT molecular complexity index is 2470. The summed E-state index contributed by atoms with van der Waals surface area (Å²) in [5, 5.41) is 2.06. The fourth-order valence-electron chi connectivity index (χ4n) is 6.41. The Morgan fingerprint density at radius 2 is 1.08 bits per heavy atom. The highest BCUT2D eigenvalue weighted by molar-refractivity contribution is 7.87. The smallest absolute Gasteiger partial charge is 0.339 e. The van der Waals surface area contributed by atoms with Gasteiger partial charge in [-0.2, -0.15) is 8.42 Å². The molecule has 0 N–H and O–H groups in total. The molecule has 0 bridgehead atoms. The predicted molar refractivity (Wildman–Crippen MR) is 200 cm³/mol. The number of fused-ring (bicyclic) bond motifs is 3. The van der Waals surface area contributed by atoms with Gasteiger partial charge in [0.25, 0.3) is 0 Å². The van der Waals surface area contributed by atoms with Crippen molar-refractivity contribution < 1.29 is 12.6 Å². The number of rotatable bonds is 8. The van der Waals surface area contributed by atoms with Crippen LogP contribution in [0.4, 0.5) is 17.1 Å². The number of benzene rings is 7. The summed E-state index contributed by atoms with van der Waals surface area (Å²) < 4.78 is 35.8. The normalized spacial score (nSPS) is 11.5. The maximum atomic E-state index is 13.8. The maximum Gasteiger partial charge on any atom is 0.339 e. The molecule has 5 nitrogen and oxygen atoms in total. The second-order valence-corrected chi connectivity index (χ2v) is 13.5. The van der Waals surface area contributed by atoms with Crippen molar-refractivity contribution in [2.24, 2.45) is 0 Å². The molecule has 0 unspecified atom stereocenters. The Hall–Kier alpha value is -6.11. The molecule has 238 valence electrons. The number of aryl methyl sites for hydroxylation is 1. The number of para-hydroxylation sites is 4. The summed E-state index contributed by atoms with van der Waals surface area (Å²) in [6, 6.07) is 57.6. The summed E-state index contributed by atoms with van der Waals surface area (Å²) in [7, 11) is -4.15. The molecule has 1 heterocycles. The van der Waals surface area contributed by atoms with Crippen LogP contribution < -0.4 is 9.08 Å². The maximum absolute atomic E-state index is 13.8. The summed E-state index contributed by atoms with van der Waals surface area (Å²) in [5.41, 5.74) is 8.35. The van der Waals surface area contributed by atoms with E-state index >= 15 is 0 Å². The van der Waals surface area contributed by atoms with Crippen LogP contribution in [0.5, 0.6) is 5.75 Å². The molecule has 0 saturated heterocycles. The van der Waals surface area contributed by atoms with Gasteiger partial charge in [0.05, 0.1) is 11.0 Å². The Balaban J connectivity index is 1.32. The summed E-state index contributed by atoms with van der Waals surface area (Å²) >= 11 is 0. The quantitative estimate of drug-likeness (QED) is 0.153. The average molecular weight is 657 g/mol. The van der Waals surface area contributed by atoms with E-state index in [-0.39, 0.29) is 10.6 Å². The first-order chi connectivity index (χ1) is 24.0. The number of aromatic nitrogens is 1. The topological polar surface area (TPSA) is 51.5 Å². The Kier molecular flexibility index (Phi) is 7.71. The highest BCUT2D eigenvalue weighted by Crippen LogP contribution is 2.42. The SMILES string of the molecule is Cc1ccc(S(=O)(=O)Oc2cc3c(cc2-c2ccc(N(c4ccccc4)c4ccccc4)cc2)c2ccccc2n3-c2ccccc2)cc1. The van der Waals surface area contributed by atoms with Crippen molar-refractivity contribution in [2.75, 3.05) is 4.90 Å². The molecule has 8 aromatic rings. The number of nitrogens with zero attached hydrogens (tertiary/aromatic N) is 2. The van der Waals surface area contributed by atoms with Crippen LogP contribution in [-0.4, -0.2) is 13.0 Å². The summed E-state index contributed by atoms with van der Waals surface area (Å²) in [4.78, 5) is 2.30. The van der Waals surface area contributed by atoms with Gasteiger partial charge in [-0.15, -0.1) is 0 Å². The third kappa shape index (κ3) is 5.73. The lowest BCUT2D eigenvalue weighted by Crippen LogP contribution is -2.11. The zero-order valence-corrected chi connectivity index (χ0v) is 27.6. The fraction of sp³-hybridized carbons (Fsp3) is 0.0233. The van der Waals surface area contributed by atoms with Crippen LogP contribution in [0.3, 0.4) is 0 Å². The molecule has 8 rings (SSSR count). The van der Waals surface area contributed by atoms with Crippen molar-refractivity contribution in [3.05, 3.63) is 181 Å². The molecule has 0 fully saturated rings. The number of hydrogen-bond acceptors (Lipinski definition) is 4. The van der Waals surface area contributed by atoms with Gasteiger partial charge in [-0.1, -0.05) is 103 Å².